The van der Waals surface area contributed by atoms with Crippen molar-refractivity contribution in [1.29, 1.82) is 0 Å². The highest BCUT2D eigenvalue weighted by atomic mass is 32.1. The van der Waals surface area contributed by atoms with Gasteiger partial charge in [0.05, 0.1) is 33.3 Å². The van der Waals surface area contributed by atoms with Crippen molar-refractivity contribution in [1.82, 2.24) is 19.5 Å². The number of aromatic nitrogens is 4. The Morgan fingerprint density at radius 2 is 1.58 bits per heavy atom. The van der Waals surface area contributed by atoms with E-state index in [9.17, 15) is 9.90 Å². The van der Waals surface area contributed by atoms with E-state index in [4.69, 9.17) is 31.2 Å². The molecule has 0 saturated carbocycles. The minimum absolute atomic E-state index is 0.0464. The number of carbonyl (C=O) groups excluding carboxylic acids is 1. The number of H-pyrrole nitrogens is 1. The normalized spacial score (nSPS) is 19.5. The summed E-state index contributed by atoms with van der Waals surface area (Å²) in [5, 5.41) is 14.3. The number of imidazole rings is 1. The summed E-state index contributed by atoms with van der Waals surface area (Å²) in [5.74, 6) is 0.835. The molecule has 0 aliphatic carbocycles. The van der Waals surface area contributed by atoms with Crippen LogP contribution in [0.2, 0.25) is 0 Å². The zero-order valence-corrected chi connectivity index (χ0v) is 28.2. The number of methoxy groups -OCH3 is 2. The molecule has 0 radical (unpaired) electrons. The van der Waals surface area contributed by atoms with Crippen LogP contribution in [0.1, 0.15) is 43.7 Å². The van der Waals surface area contributed by atoms with E-state index in [2.05, 4.69) is 20.3 Å². The highest BCUT2D eigenvalue weighted by Gasteiger charge is 2.45. The number of rotatable bonds is 11. The van der Waals surface area contributed by atoms with Crippen LogP contribution in [-0.2, 0) is 19.9 Å². The van der Waals surface area contributed by atoms with Crippen molar-refractivity contribution in [2.24, 2.45) is 11.8 Å². The van der Waals surface area contributed by atoms with Crippen molar-refractivity contribution >= 4 is 35.2 Å². The summed E-state index contributed by atoms with van der Waals surface area (Å²) in [6.45, 7) is 5.54. The molecule has 3 N–H and O–H groups in total. The Balaban J connectivity index is 1.36. The first-order chi connectivity index (χ1) is 23.2. The van der Waals surface area contributed by atoms with Gasteiger partial charge in [-0.1, -0.05) is 87.6 Å². The number of anilines is 1. The zero-order chi connectivity index (χ0) is 34.0. The third-order valence-electron chi connectivity index (χ3n) is 8.79. The number of fused-ring (bicyclic) bond motifs is 1. The molecule has 6 rings (SSSR count). The molecule has 11 nitrogen and oxygen atoms in total. The number of carbonyl (C=O) groups is 1. The van der Waals surface area contributed by atoms with Crippen molar-refractivity contribution in [3.63, 3.8) is 0 Å². The van der Waals surface area contributed by atoms with Crippen LogP contribution < -0.4 is 14.8 Å². The third kappa shape index (κ3) is 6.19. The van der Waals surface area contributed by atoms with Gasteiger partial charge in [-0.05, 0) is 41.0 Å². The van der Waals surface area contributed by atoms with E-state index in [0.717, 1.165) is 28.2 Å². The van der Waals surface area contributed by atoms with Gasteiger partial charge < -0.3 is 29.0 Å². The predicted molar refractivity (Wildman–Crippen MR) is 184 cm³/mol. The molecule has 2 aromatic heterocycles. The van der Waals surface area contributed by atoms with Gasteiger partial charge in [0.15, 0.2) is 5.65 Å². The number of nitrogens with one attached hydrogen (secondary N) is 2. The summed E-state index contributed by atoms with van der Waals surface area (Å²) >= 11 is 5.53. The number of amides is 1. The lowest BCUT2D eigenvalue weighted by Gasteiger charge is -2.37. The van der Waals surface area contributed by atoms with E-state index < -0.39 is 24.0 Å². The monoisotopic (exact) mass is 669 g/mol. The summed E-state index contributed by atoms with van der Waals surface area (Å²) in [5.41, 5.74) is 2.44. The smallest absolute Gasteiger partial charge is 0.229 e. The highest BCUT2D eigenvalue weighted by Crippen LogP contribution is 2.43. The SMILES string of the molecule is COc1ccc(C(OC[C@H]2O[C@@H](n3cnc4c(=S)[nH]c(NC(=O)C(C)C)nc43)C(C)C2O)(c2ccccc2)c2ccc(OC)cc2)cc1. The van der Waals surface area contributed by atoms with E-state index in [0.29, 0.717) is 15.8 Å². The van der Waals surface area contributed by atoms with E-state index in [1.54, 1.807) is 39.0 Å². The number of hydrogen-bond acceptors (Lipinski definition) is 9. The quantitative estimate of drug-likeness (QED) is 0.114. The second-order valence-corrected chi connectivity index (χ2v) is 12.5. The van der Waals surface area contributed by atoms with E-state index >= 15 is 0 Å². The summed E-state index contributed by atoms with van der Waals surface area (Å²) in [6, 6.07) is 25.5. The van der Waals surface area contributed by atoms with Crippen LogP contribution >= 0.6 is 12.2 Å². The zero-order valence-electron chi connectivity index (χ0n) is 27.4. The predicted octanol–water partition coefficient (Wildman–Crippen LogP) is 6.00. The second-order valence-electron chi connectivity index (χ2n) is 12.1. The largest absolute Gasteiger partial charge is 0.497 e. The standard InChI is InChI=1S/C36H39N5O6S/c1-21(2)32(43)39-35-38-31-29(33(48)40-35)37-20-41(31)34-22(3)30(42)28(47-34)19-46-36(23-9-7-6-8-10-23,24-11-15-26(44-4)16-12-24)25-13-17-27(45-5)18-14-25/h6-18,20-22,28,30,34,42H,19H2,1-5H3,(H2,38,39,40,43,48)/t22?,28-,30?,34-/m1/s1. The molecule has 1 aliphatic rings. The Labute approximate surface area is 283 Å². The Kier molecular flexibility index (Phi) is 9.61. The van der Waals surface area contributed by atoms with Gasteiger partial charge in [-0.3, -0.25) is 14.7 Å². The molecule has 0 spiro atoms. The number of hydrogen-bond donors (Lipinski definition) is 3. The van der Waals surface area contributed by atoms with Gasteiger partial charge in [0, 0.05) is 11.8 Å². The molecular weight excluding hydrogens is 630 g/mol. The van der Waals surface area contributed by atoms with Crippen molar-refractivity contribution in [2.45, 2.75) is 44.8 Å². The average Bonchev–Trinajstić information content (AvgIpc) is 3.66. The fourth-order valence-corrected chi connectivity index (χ4v) is 6.30. The van der Waals surface area contributed by atoms with Crippen molar-refractivity contribution in [2.75, 3.05) is 26.1 Å². The van der Waals surface area contributed by atoms with Gasteiger partial charge in [-0.25, -0.2) is 4.98 Å². The maximum Gasteiger partial charge on any atom is 0.229 e. The van der Waals surface area contributed by atoms with Gasteiger partial charge in [0.25, 0.3) is 0 Å². The molecule has 1 saturated heterocycles. The summed E-state index contributed by atoms with van der Waals surface area (Å²) in [4.78, 5) is 24.4. The third-order valence-corrected chi connectivity index (χ3v) is 9.09. The molecule has 1 amide bonds. The van der Waals surface area contributed by atoms with Crippen LogP contribution in [0.25, 0.3) is 11.2 Å². The molecule has 3 aromatic carbocycles. The van der Waals surface area contributed by atoms with E-state index in [-0.39, 0.29) is 30.3 Å². The molecule has 250 valence electrons. The number of ether oxygens (including phenoxy) is 4. The topological polar surface area (TPSA) is 133 Å². The van der Waals surface area contributed by atoms with Gasteiger partial charge in [0.2, 0.25) is 11.9 Å². The molecule has 0 bridgehead atoms. The lowest BCUT2D eigenvalue weighted by Crippen LogP contribution is -2.38. The number of nitrogens with zero attached hydrogens (tertiary/aromatic N) is 3. The van der Waals surface area contributed by atoms with Crippen molar-refractivity contribution < 1.29 is 28.8 Å². The maximum absolute atomic E-state index is 12.4. The first-order valence-electron chi connectivity index (χ1n) is 15.8. The van der Waals surface area contributed by atoms with Gasteiger partial charge in [-0.15, -0.1) is 0 Å². The van der Waals surface area contributed by atoms with Crippen LogP contribution in [0.5, 0.6) is 11.5 Å². The minimum Gasteiger partial charge on any atom is -0.497 e. The van der Waals surface area contributed by atoms with Crippen LogP contribution in [0.4, 0.5) is 5.95 Å². The molecule has 1 fully saturated rings. The molecular formula is C36H39N5O6S. The Morgan fingerprint density at radius 1 is 1.00 bits per heavy atom. The van der Waals surface area contributed by atoms with Crippen LogP contribution in [0.15, 0.2) is 85.2 Å². The van der Waals surface area contributed by atoms with E-state index in [1.807, 2.05) is 85.8 Å². The molecule has 5 aromatic rings. The number of aliphatic hydroxyl groups excluding tert-OH is 1. The Hall–Kier alpha value is -4.62. The van der Waals surface area contributed by atoms with Crippen LogP contribution in [0.3, 0.4) is 0 Å². The maximum atomic E-state index is 12.4. The Bertz CT molecular complexity index is 1880. The molecule has 48 heavy (non-hydrogen) atoms. The first kappa shape index (κ1) is 33.3. The fraction of sp³-hybridized carbons (Fsp3) is 0.333. The number of aromatic amines is 1. The summed E-state index contributed by atoms with van der Waals surface area (Å²) in [7, 11) is 3.26. The van der Waals surface area contributed by atoms with Crippen molar-refractivity contribution in [3.8, 4) is 11.5 Å². The molecule has 1 aliphatic heterocycles. The fourth-order valence-electron chi connectivity index (χ4n) is 6.06. The van der Waals surface area contributed by atoms with Gasteiger partial charge in [0.1, 0.15) is 39.6 Å². The lowest BCUT2D eigenvalue weighted by atomic mass is 9.80. The van der Waals surface area contributed by atoms with Gasteiger partial charge >= 0.3 is 0 Å². The number of aliphatic hydroxyl groups is 1. The first-order valence-corrected chi connectivity index (χ1v) is 16.2. The average molecular weight is 670 g/mol. The molecule has 12 heteroatoms. The second kappa shape index (κ2) is 13.9. The molecule has 4 atom stereocenters. The van der Waals surface area contributed by atoms with Gasteiger partial charge in [-0.2, -0.15) is 4.98 Å². The Morgan fingerprint density at radius 3 is 2.15 bits per heavy atom. The van der Waals surface area contributed by atoms with Crippen LogP contribution in [0, 0.1) is 16.5 Å². The molecule has 2 unspecified atom stereocenters. The van der Waals surface area contributed by atoms with E-state index in [1.165, 1.54) is 0 Å². The summed E-state index contributed by atoms with van der Waals surface area (Å²) < 4.78 is 26.6. The molecule has 3 heterocycles. The van der Waals surface area contributed by atoms with Crippen LogP contribution in [-0.4, -0.2) is 63.6 Å². The minimum atomic E-state index is -1.08. The summed E-state index contributed by atoms with van der Waals surface area (Å²) in [6.07, 6.45) is -0.633. The van der Waals surface area contributed by atoms with Crippen molar-refractivity contribution in [3.05, 3.63) is 107 Å². The lowest BCUT2D eigenvalue weighted by molar-refractivity contribution is -0.118. The highest BCUT2D eigenvalue weighted by molar-refractivity contribution is 7.71. The number of benzene rings is 3.